The van der Waals surface area contributed by atoms with E-state index in [1.807, 2.05) is 0 Å². The van der Waals surface area contributed by atoms with Crippen LogP contribution in [0.25, 0.3) is 0 Å². The summed E-state index contributed by atoms with van der Waals surface area (Å²) in [6, 6.07) is 1.05. The maximum absolute atomic E-state index is 5.38. The molecule has 0 aliphatic carbocycles. The van der Waals surface area contributed by atoms with Crippen LogP contribution in [0.4, 0.5) is 0 Å². The minimum Gasteiger partial charge on any atom is -0.338 e. The second-order valence-electron chi connectivity index (χ2n) is 6.09. The molecule has 3 rings (SSSR count). The van der Waals surface area contributed by atoms with Crippen LogP contribution < -0.4 is 0 Å². The third kappa shape index (κ3) is 2.88. The Kier molecular flexibility index (Phi) is 4.36. The van der Waals surface area contributed by atoms with E-state index < -0.39 is 0 Å². The van der Waals surface area contributed by atoms with Crippen LogP contribution in [0.5, 0.6) is 0 Å². The normalized spacial score (nSPS) is 24.3. The molecule has 0 radical (unpaired) electrons. The molecule has 5 heteroatoms. The number of rotatable bonds is 4. The molecule has 0 saturated carbocycles. The summed E-state index contributed by atoms with van der Waals surface area (Å²) in [5.41, 5.74) is 0. The van der Waals surface area contributed by atoms with Crippen molar-refractivity contribution >= 4 is 0 Å². The Hall–Kier alpha value is -0.940. The molecule has 0 N–H and O–H groups in total. The van der Waals surface area contributed by atoms with Gasteiger partial charge in [-0.15, -0.1) is 0 Å². The fourth-order valence-electron chi connectivity index (χ4n) is 3.48. The zero-order chi connectivity index (χ0) is 13.9. The van der Waals surface area contributed by atoms with Crippen LogP contribution in [0.1, 0.15) is 57.3 Å². The van der Waals surface area contributed by atoms with Gasteiger partial charge in [0.25, 0.3) is 0 Å². The fraction of sp³-hybridized carbons (Fsp3) is 0.867. The number of aromatic nitrogens is 2. The Labute approximate surface area is 121 Å². The first-order valence-corrected chi connectivity index (χ1v) is 8.08. The standard InChI is InChI=1S/C15H26N4O/c1-3-14-16-15(20-17-14)12(2)18-10-6-13(7-11-18)19-8-4-5-9-19/h12-13H,3-11H2,1-2H3/t12-/m0/s1. The fourth-order valence-corrected chi connectivity index (χ4v) is 3.48. The van der Waals surface area contributed by atoms with Crippen molar-refractivity contribution in [2.75, 3.05) is 26.2 Å². The van der Waals surface area contributed by atoms with E-state index in [9.17, 15) is 0 Å². The number of hydrogen-bond donors (Lipinski definition) is 0. The molecule has 0 unspecified atom stereocenters. The SMILES string of the molecule is CCc1noc([C@H](C)N2CCC(N3CCCC3)CC2)n1. The minimum absolute atomic E-state index is 0.252. The van der Waals surface area contributed by atoms with E-state index in [0.717, 1.165) is 37.3 Å². The summed E-state index contributed by atoms with van der Waals surface area (Å²) in [6.07, 6.45) is 6.17. The number of likely N-dealkylation sites (tertiary alicyclic amines) is 2. The summed E-state index contributed by atoms with van der Waals surface area (Å²) in [7, 11) is 0. The molecule has 112 valence electrons. The first-order valence-electron chi connectivity index (χ1n) is 8.08. The first kappa shape index (κ1) is 14.0. The van der Waals surface area contributed by atoms with Crippen LogP contribution in [0.15, 0.2) is 4.52 Å². The van der Waals surface area contributed by atoms with Crippen molar-refractivity contribution in [2.24, 2.45) is 0 Å². The average molecular weight is 278 g/mol. The van der Waals surface area contributed by atoms with Crippen LogP contribution in [-0.4, -0.2) is 52.2 Å². The van der Waals surface area contributed by atoms with Gasteiger partial charge in [-0.2, -0.15) is 4.98 Å². The van der Waals surface area contributed by atoms with Crippen molar-refractivity contribution in [2.45, 2.75) is 58.0 Å². The highest BCUT2D eigenvalue weighted by Gasteiger charge is 2.30. The van der Waals surface area contributed by atoms with Gasteiger partial charge in [-0.05, 0) is 45.7 Å². The number of aryl methyl sites for hydroxylation is 1. The lowest BCUT2D eigenvalue weighted by atomic mass is 10.0. The largest absolute Gasteiger partial charge is 0.338 e. The molecule has 20 heavy (non-hydrogen) atoms. The zero-order valence-electron chi connectivity index (χ0n) is 12.7. The predicted molar refractivity (Wildman–Crippen MR) is 77.5 cm³/mol. The van der Waals surface area contributed by atoms with E-state index in [2.05, 4.69) is 33.8 Å². The van der Waals surface area contributed by atoms with E-state index in [-0.39, 0.29) is 6.04 Å². The third-order valence-corrected chi connectivity index (χ3v) is 4.86. The van der Waals surface area contributed by atoms with E-state index in [1.165, 1.54) is 38.8 Å². The summed E-state index contributed by atoms with van der Waals surface area (Å²) >= 11 is 0. The van der Waals surface area contributed by atoms with E-state index in [1.54, 1.807) is 0 Å². The molecule has 0 aromatic carbocycles. The van der Waals surface area contributed by atoms with E-state index in [0.29, 0.717) is 0 Å². The summed E-state index contributed by atoms with van der Waals surface area (Å²) in [4.78, 5) is 9.64. The quantitative estimate of drug-likeness (QED) is 0.845. The average Bonchev–Trinajstić information content (AvgIpc) is 3.18. The summed E-state index contributed by atoms with van der Waals surface area (Å²) in [6.45, 7) is 9.15. The zero-order valence-corrected chi connectivity index (χ0v) is 12.7. The van der Waals surface area contributed by atoms with Gasteiger partial charge in [-0.3, -0.25) is 4.90 Å². The molecule has 1 aromatic heterocycles. The van der Waals surface area contributed by atoms with Crippen molar-refractivity contribution < 1.29 is 4.52 Å². The molecule has 0 bridgehead atoms. The van der Waals surface area contributed by atoms with Gasteiger partial charge in [0.2, 0.25) is 5.89 Å². The first-order chi connectivity index (χ1) is 9.78. The van der Waals surface area contributed by atoms with Gasteiger partial charge in [0.05, 0.1) is 6.04 Å². The summed E-state index contributed by atoms with van der Waals surface area (Å²) < 4.78 is 5.38. The van der Waals surface area contributed by atoms with Crippen molar-refractivity contribution in [3.63, 3.8) is 0 Å². The van der Waals surface area contributed by atoms with Gasteiger partial charge >= 0.3 is 0 Å². The van der Waals surface area contributed by atoms with Crippen molar-refractivity contribution in [1.82, 2.24) is 19.9 Å². The molecule has 2 saturated heterocycles. The van der Waals surface area contributed by atoms with Crippen LogP contribution >= 0.6 is 0 Å². The maximum Gasteiger partial charge on any atom is 0.243 e. The predicted octanol–water partition coefficient (Wildman–Crippen LogP) is 2.25. The monoisotopic (exact) mass is 278 g/mol. The van der Waals surface area contributed by atoms with Gasteiger partial charge < -0.3 is 9.42 Å². The minimum atomic E-state index is 0.252. The highest BCUT2D eigenvalue weighted by atomic mass is 16.5. The Balaban J connectivity index is 1.54. The lowest BCUT2D eigenvalue weighted by Gasteiger charge is -2.38. The van der Waals surface area contributed by atoms with E-state index in [4.69, 9.17) is 4.52 Å². The Bertz CT molecular complexity index is 419. The van der Waals surface area contributed by atoms with Gasteiger partial charge in [0.1, 0.15) is 0 Å². The van der Waals surface area contributed by atoms with Crippen LogP contribution in [0.2, 0.25) is 0 Å². The maximum atomic E-state index is 5.38. The molecule has 0 spiro atoms. The van der Waals surface area contributed by atoms with Gasteiger partial charge in [-0.1, -0.05) is 12.1 Å². The molecular formula is C15H26N4O. The number of piperidine rings is 1. The van der Waals surface area contributed by atoms with Crippen LogP contribution in [0.3, 0.4) is 0 Å². The smallest absolute Gasteiger partial charge is 0.243 e. The molecule has 2 aliphatic rings. The highest BCUT2D eigenvalue weighted by molar-refractivity contribution is 4.94. The van der Waals surface area contributed by atoms with Crippen molar-refractivity contribution in [3.8, 4) is 0 Å². The van der Waals surface area contributed by atoms with E-state index >= 15 is 0 Å². The van der Waals surface area contributed by atoms with Crippen LogP contribution in [0, 0.1) is 0 Å². The molecule has 3 heterocycles. The van der Waals surface area contributed by atoms with Crippen molar-refractivity contribution in [1.29, 1.82) is 0 Å². The Morgan fingerprint density at radius 3 is 2.50 bits per heavy atom. The third-order valence-electron chi connectivity index (χ3n) is 4.86. The van der Waals surface area contributed by atoms with Crippen molar-refractivity contribution in [3.05, 3.63) is 11.7 Å². The van der Waals surface area contributed by atoms with Gasteiger partial charge in [0.15, 0.2) is 5.82 Å². The number of hydrogen-bond acceptors (Lipinski definition) is 5. The Morgan fingerprint density at radius 2 is 1.90 bits per heavy atom. The molecule has 2 aliphatic heterocycles. The summed E-state index contributed by atoms with van der Waals surface area (Å²) in [5, 5.41) is 4.01. The lowest BCUT2D eigenvalue weighted by molar-refractivity contribution is 0.0891. The molecule has 2 fully saturated rings. The molecule has 5 nitrogen and oxygen atoms in total. The van der Waals surface area contributed by atoms with Gasteiger partial charge in [0, 0.05) is 25.6 Å². The van der Waals surface area contributed by atoms with Crippen LogP contribution in [-0.2, 0) is 6.42 Å². The highest BCUT2D eigenvalue weighted by Crippen LogP contribution is 2.26. The molecule has 1 atom stereocenters. The lowest BCUT2D eigenvalue weighted by Crippen LogP contribution is -2.44. The molecule has 0 amide bonds. The number of nitrogens with zero attached hydrogens (tertiary/aromatic N) is 4. The molecule has 1 aromatic rings. The second kappa shape index (κ2) is 6.22. The Morgan fingerprint density at radius 1 is 1.20 bits per heavy atom. The molecular weight excluding hydrogens is 252 g/mol. The second-order valence-corrected chi connectivity index (χ2v) is 6.09. The summed E-state index contributed by atoms with van der Waals surface area (Å²) in [5.74, 6) is 1.60. The topological polar surface area (TPSA) is 45.4 Å². The van der Waals surface area contributed by atoms with Gasteiger partial charge in [-0.25, -0.2) is 0 Å².